The molecule has 0 unspecified atom stereocenters. The van der Waals surface area contributed by atoms with Crippen LogP contribution < -0.4 is 5.01 Å². The Hall–Kier alpha value is -1.96. The number of H-pyrrole nitrogens is 1. The van der Waals surface area contributed by atoms with Gasteiger partial charge >= 0.3 is 0 Å². The van der Waals surface area contributed by atoms with Crippen LogP contribution in [0.15, 0.2) is 6.20 Å². The molecule has 0 fully saturated rings. The van der Waals surface area contributed by atoms with Crippen LogP contribution in [0.1, 0.15) is 0 Å². The lowest BCUT2D eigenvalue weighted by molar-refractivity contribution is 0.274. The highest BCUT2D eigenvalue weighted by Gasteiger charge is 2.22. The van der Waals surface area contributed by atoms with Crippen molar-refractivity contribution < 1.29 is 0 Å². The number of tetrazole rings is 1. The Bertz CT molecular complexity index is 486. The number of hydrazine groups is 1. The Morgan fingerprint density at radius 2 is 2.19 bits per heavy atom. The molecule has 0 aromatic carbocycles. The van der Waals surface area contributed by atoms with Gasteiger partial charge < -0.3 is 4.57 Å². The smallest absolute Gasteiger partial charge is 0.224 e. The van der Waals surface area contributed by atoms with E-state index >= 15 is 0 Å². The van der Waals surface area contributed by atoms with Crippen molar-refractivity contribution in [2.45, 2.75) is 6.54 Å². The van der Waals surface area contributed by atoms with Crippen molar-refractivity contribution in [3.63, 3.8) is 0 Å². The number of nitrogens with zero attached hydrogens (tertiary/aromatic N) is 7. The van der Waals surface area contributed by atoms with E-state index in [4.69, 9.17) is 0 Å². The van der Waals surface area contributed by atoms with Gasteiger partial charge in [0.15, 0.2) is 0 Å². The fourth-order valence-electron chi connectivity index (χ4n) is 1.76. The standard InChI is InChI=1S/C8H12N8/c1-14-3-4-16-5-6(7-10-12-13-11-7)9-8(16)15(14)2/h5H,3-4H2,1-2H3,(H,10,11,12,13). The Labute approximate surface area is 91.8 Å². The number of anilines is 1. The van der Waals surface area contributed by atoms with Crippen LogP contribution >= 0.6 is 0 Å². The van der Waals surface area contributed by atoms with Crippen LogP contribution in [0, 0.1) is 0 Å². The predicted octanol–water partition coefficient (Wildman–Crippen LogP) is -0.640. The van der Waals surface area contributed by atoms with Gasteiger partial charge in [0.1, 0.15) is 5.69 Å². The normalized spacial score (nSPS) is 16.5. The minimum atomic E-state index is 0.526. The SMILES string of the molecule is CN1CCn2cc(-c3nn[nH]n3)nc2N1C. The molecule has 1 N–H and O–H groups in total. The average molecular weight is 220 g/mol. The minimum absolute atomic E-state index is 0.526. The van der Waals surface area contributed by atoms with E-state index in [1.165, 1.54) is 0 Å². The summed E-state index contributed by atoms with van der Waals surface area (Å²) in [6, 6.07) is 0. The molecule has 8 heteroatoms. The summed E-state index contributed by atoms with van der Waals surface area (Å²) in [4.78, 5) is 4.49. The van der Waals surface area contributed by atoms with Crippen molar-refractivity contribution >= 4 is 5.95 Å². The zero-order valence-corrected chi connectivity index (χ0v) is 9.12. The molecule has 8 nitrogen and oxygen atoms in total. The van der Waals surface area contributed by atoms with Gasteiger partial charge in [-0.05, 0) is 5.21 Å². The Morgan fingerprint density at radius 3 is 2.94 bits per heavy atom. The summed E-state index contributed by atoms with van der Waals surface area (Å²) in [6.07, 6.45) is 1.95. The maximum atomic E-state index is 4.49. The van der Waals surface area contributed by atoms with Gasteiger partial charge in [-0.15, -0.1) is 10.2 Å². The fourth-order valence-corrected chi connectivity index (χ4v) is 1.76. The molecule has 1 aliphatic heterocycles. The molecule has 3 rings (SSSR count). The van der Waals surface area contributed by atoms with Crippen molar-refractivity contribution in [1.82, 2.24) is 35.2 Å². The summed E-state index contributed by atoms with van der Waals surface area (Å²) in [5, 5.41) is 17.9. The van der Waals surface area contributed by atoms with Gasteiger partial charge in [-0.1, -0.05) is 0 Å². The van der Waals surface area contributed by atoms with Crippen molar-refractivity contribution in [2.75, 3.05) is 25.6 Å². The Kier molecular flexibility index (Phi) is 1.90. The number of likely N-dealkylation sites (N-methyl/N-ethyl adjacent to an activating group) is 1. The highest BCUT2D eigenvalue weighted by molar-refractivity contribution is 5.51. The van der Waals surface area contributed by atoms with Crippen LogP contribution in [0.5, 0.6) is 0 Å². The third-order valence-corrected chi connectivity index (χ3v) is 2.80. The van der Waals surface area contributed by atoms with E-state index in [0.29, 0.717) is 5.82 Å². The van der Waals surface area contributed by atoms with Crippen molar-refractivity contribution in [1.29, 1.82) is 0 Å². The highest BCUT2D eigenvalue weighted by atomic mass is 15.7. The summed E-state index contributed by atoms with van der Waals surface area (Å²) in [6.45, 7) is 1.88. The van der Waals surface area contributed by atoms with E-state index in [2.05, 4.69) is 35.2 Å². The highest BCUT2D eigenvalue weighted by Crippen LogP contribution is 2.22. The molecular formula is C8H12N8. The molecule has 0 atom stereocenters. The number of hydrogen-bond acceptors (Lipinski definition) is 6. The quantitative estimate of drug-likeness (QED) is 0.688. The van der Waals surface area contributed by atoms with E-state index in [-0.39, 0.29) is 0 Å². The van der Waals surface area contributed by atoms with Crippen LogP contribution in [0.25, 0.3) is 11.5 Å². The van der Waals surface area contributed by atoms with Gasteiger partial charge in [0.2, 0.25) is 11.8 Å². The zero-order chi connectivity index (χ0) is 11.1. The van der Waals surface area contributed by atoms with E-state index < -0.39 is 0 Å². The number of nitrogens with one attached hydrogen (secondary N) is 1. The second-order valence-electron chi connectivity index (χ2n) is 3.76. The first-order chi connectivity index (χ1) is 7.75. The lowest BCUT2D eigenvalue weighted by Gasteiger charge is -2.33. The first-order valence-electron chi connectivity index (χ1n) is 5.01. The van der Waals surface area contributed by atoms with Crippen LogP contribution in [0.4, 0.5) is 5.95 Å². The number of fused-ring (bicyclic) bond motifs is 1. The van der Waals surface area contributed by atoms with Gasteiger partial charge in [0.05, 0.1) is 0 Å². The molecule has 0 spiro atoms. The number of aromatic nitrogens is 6. The molecule has 0 radical (unpaired) electrons. The van der Waals surface area contributed by atoms with E-state index in [0.717, 1.165) is 24.7 Å². The first kappa shape index (κ1) is 9.28. The van der Waals surface area contributed by atoms with Crippen LogP contribution in [0.3, 0.4) is 0 Å². The topological polar surface area (TPSA) is 78.8 Å². The first-order valence-corrected chi connectivity index (χ1v) is 5.01. The molecule has 0 amide bonds. The zero-order valence-electron chi connectivity index (χ0n) is 9.12. The predicted molar refractivity (Wildman–Crippen MR) is 56.4 cm³/mol. The number of imidazole rings is 1. The Balaban J connectivity index is 2.04. The summed E-state index contributed by atoms with van der Waals surface area (Å²) in [7, 11) is 4.02. The van der Waals surface area contributed by atoms with Crippen LogP contribution in [-0.4, -0.2) is 55.8 Å². The lowest BCUT2D eigenvalue weighted by atomic mass is 10.4. The van der Waals surface area contributed by atoms with E-state index in [1.807, 2.05) is 25.3 Å². The van der Waals surface area contributed by atoms with Crippen LogP contribution in [0.2, 0.25) is 0 Å². The van der Waals surface area contributed by atoms with Crippen molar-refractivity contribution in [2.24, 2.45) is 0 Å². The fraction of sp³-hybridized carbons (Fsp3) is 0.500. The molecular weight excluding hydrogens is 208 g/mol. The summed E-state index contributed by atoms with van der Waals surface area (Å²) in [5.74, 6) is 1.42. The third-order valence-electron chi connectivity index (χ3n) is 2.80. The van der Waals surface area contributed by atoms with Gasteiger partial charge in [0.25, 0.3) is 0 Å². The molecule has 3 heterocycles. The van der Waals surface area contributed by atoms with Gasteiger partial charge in [0, 0.05) is 33.4 Å². The van der Waals surface area contributed by atoms with Crippen molar-refractivity contribution in [3.05, 3.63) is 6.20 Å². The molecule has 2 aromatic rings. The molecule has 0 saturated carbocycles. The molecule has 0 saturated heterocycles. The molecule has 0 bridgehead atoms. The van der Waals surface area contributed by atoms with Gasteiger partial charge in [-0.25, -0.2) is 9.99 Å². The minimum Gasteiger partial charge on any atom is -0.314 e. The van der Waals surface area contributed by atoms with E-state index in [1.54, 1.807) is 0 Å². The number of hydrogen-bond donors (Lipinski definition) is 1. The van der Waals surface area contributed by atoms with Crippen molar-refractivity contribution in [3.8, 4) is 11.5 Å². The summed E-state index contributed by atoms with van der Waals surface area (Å²) in [5.41, 5.74) is 0.742. The molecule has 1 aliphatic rings. The monoisotopic (exact) mass is 220 g/mol. The van der Waals surface area contributed by atoms with Gasteiger partial charge in [-0.3, -0.25) is 5.01 Å². The maximum absolute atomic E-state index is 4.49. The third kappa shape index (κ3) is 1.27. The average Bonchev–Trinajstić information content (AvgIpc) is 2.91. The summed E-state index contributed by atoms with van der Waals surface area (Å²) >= 11 is 0. The lowest BCUT2D eigenvalue weighted by Crippen LogP contribution is -2.44. The van der Waals surface area contributed by atoms with E-state index in [9.17, 15) is 0 Å². The van der Waals surface area contributed by atoms with Gasteiger partial charge in [-0.2, -0.15) is 5.21 Å². The Morgan fingerprint density at radius 1 is 1.31 bits per heavy atom. The number of aromatic amines is 1. The molecule has 0 aliphatic carbocycles. The second-order valence-corrected chi connectivity index (χ2v) is 3.76. The molecule has 84 valence electrons. The second kappa shape index (κ2) is 3.27. The maximum Gasteiger partial charge on any atom is 0.224 e. The van der Waals surface area contributed by atoms with Crippen LogP contribution in [-0.2, 0) is 6.54 Å². The number of rotatable bonds is 1. The molecule has 16 heavy (non-hydrogen) atoms. The molecule has 2 aromatic heterocycles. The largest absolute Gasteiger partial charge is 0.314 e. The summed E-state index contributed by atoms with van der Waals surface area (Å²) < 4.78 is 2.09.